The molecule has 1 rings (SSSR count). The van der Waals surface area contributed by atoms with Gasteiger partial charge in [0.15, 0.2) is 0 Å². The molecule has 0 aliphatic heterocycles. The van der Waals surface area contributed by atoms with Gasteiger partial charge in [0, 0.05) is 5.69 Å². The zero-order valence-electron chi connectivity index (χ0n) is 8.89. The fourth-order valence-corrected chi connectivity index (χ4v) is 1.49. The lowest BCUT2D eigenvalue weighted by Gasteiger charge is -2.06. The van der Waals surface area contributed by atoms with Crippen molar-refractivity contribution in [3.63, 3.8) is 0 Å². The smallest absolute Gasteiger partial charge is 0.259 e. The zero-order valence-corrected chi connectivity index (χ0v) is 9.70. The molecule has 1 aromatic carbocycles. The van der Waals surface area contributed by atoms with Crippen LogP contribution in [-0.2, 0) is 11.3 Å². The predicted molar refractivity (Wildman–Crippen MR) is 64.6 cm³/mol. The Hall–Kier alpha value is -1.11. The molecule has 4 N–H and O–H groups in total. The minimum atomic E-state index is -2.04. The monoisotopic (exact) mass is 244 g/mol. The topological polar surface area (TPSA) is 84.6 Å². The van der Waals surface area contributed by atoms with Crippen LogP contribution in [0.15, 0.2) is 24.3 Å². The van der Waals surface area contributed by atoms with Gasteiger partial charge in [0.1, 0.15) is 5.75 Å². The standard InChI is InChI=1S/C10H16N2O3S/c11-7-1-2-8-15-10-5-3-9(4-6-10)12-16(13)14/h3-6,12H,1-2,7-8,11H2,(H,13,14). The van der Waals surface area contributed by atoms with Crippen LogP contribution in [0, 0.1) is 0 Å². The first-order chi connectivity index (χ1) is 7.72. The number of nitrogens with one attached hydrogen (secondary N) is 1. The molecule has 0 bridgehead atoms. The van der Waals surface area contributed by atoms with Gasteiger partial charge < -0.3 is 10.5 Å². The van der Waals surface area contributed by atoms with Crippen LogP contribution in [0.2, 0.25) is 0 Å². The van der Waals surface area contributed by atoms with E-state index in [4.69, 9.17) is 15.0 Å². The highest BCUT2D eigenvalue weighted by Crippen LogP contribution is 2.16. The van der Waals surface area contributed by atoms with Gasteiger partial charge in [-0.05, 0) is 43.7 Å². The van der Waals surface area contributed by atoms with E-state index in [1.165, 1.54) is 0 Å². The number of ether oxygens (including phenoxy) is 1. The average Bonchev–Trinajstić information content (AvgIpc) is 2.26. The van der Waals surface area contributed by atoms with Crippen molar-refractivity contribution in [1.82, 2.24) is 0 Å². The Labute approximate surface area is 97.4 Å². The summed E-state index contributed by atoms with van der Waals surface area (Å²) in [6.45, 7) is 1.31. The molecule has 0 saturated heterocycles. The second kappa shape index (κ2) is 7.21. The SMILES string of the molecule is NCCCCOc1ccc(NS(=O)O)cc1. The van der Waals surface area contributed by atoms with Crippen LogP contribution in [0.4, 0.5) is 5.69 Å². The molecule has 1 unspecified atom stereocenters. The predicted octanol–water partition coefficient (Wildman–Crippen LogP) is 1.35. The van der Waals surface area contributed by atoms with E-state index in [0.29, 0.717) is 18.8 Å². The van der Waals surface area contributed by atoms with Crippen LogP contribution in [0.5, 0.6) is 5.75 Å². The van der Waals surface area contributed by atoms with Crippen LogP contribution in [0.3, 0.4) is 0 Å². The minimum Gasteiger partial charge on any atom is -0.494 e. The van der Waals surface area contributed by atoms with Crippen LogP contribution in [0.25, 0.3) is 0 Å². The van der Waals surface area contributed by atoms with E-state index in [2.05, 4.69) is 4.72 Å². The first-order valence-electron chi connectivity index (χ1n) is 5.03. The third-order valence-corrected chi connectivity index (χ3v) is 2.34. The van der Waals surface area contributed by atoms with Crippen LogP contribution in [0.1, 0.15) is 12.8 Å². The highest BCUT2D eigenvalue weighted by Gasteiger charge is 1.97. The van der Waals surface area contributed by atoms with E-state index in [0.717, 1.165) is 18.6 Å². The summed E-state index contributed by atoms with van der Waals surface area (Å²) in [7, 11) is 0. The fraction of sp³-hybridized carbons (Fsp3) is 0.400. The maximum Gasteiger partial charge on any atom is 0.259 e. The van der Waals surface area contributed by atoms with Gasteiger partial charge in [-0.15, -0.1) is 0 Å². The van der Waals surface area contributed by atoms with Crippen molar-refractivity contribution in [2.45, 2.75) is 12.8 Å². The Kier molecular flexibility index (Phi) is 5.84. The van der Waals surface area contributed by atoms with E-state index in [1.54, 1.807) is 24.3 Å². The molecule has 90 valence electrons. The number of rotatable bonds is 7. The highest BCUT2D eigenvalue weighted by molar-refractivity contribution is 7.80. The largest absolute Gasteiger partial charge is 0.494 e. The Balaban J connectivity index is 2.36. The Morgan fingerprint density at radius 3 is 2.56 bits per heavy atom. The van der Waals surface area contributed by atoms with Gasteiger partial charge in [0.25, 0.3) is 11.3 Å². The summed E-state index contributed by atoms with van der Waals surface area (Å²) in [4.78, 5) is 0. The molecule has 6 heteroatoms. The molecule has 5 nitrogen and oxygen atoms in total. The normalized spacial score (nSPS) is 12.1. The molecule has 0 aliphatic rings. The van der Waals surface area contributed by atoms with Crippen molar-refractivity contribution < 1.29 is 13.5 Å². The fourth-order valence-electron chi connectivity index (χ4n) is 1.16. The number of hydrogen-bond acceptors (Lipinski definition) is 3. The molecule has 0 amide bonds. The molecule has 0 heterocycles. The van der Waals surface area contributed by atoms with Crippen molar-refractivity contribution >= 4 is 17.0 Å². The maximum atomic E-state index is 10.5. The third-order valence-electron chi connectivity index (χ3n) is 1.93. The molecule has 1 atom stereocenters. The lowest BCUT2D eigenvalue weighted by atomic mass is 10.3. The van der Waals surface area contributed by atoms with Gasteiger partial charge in [0.2, 0.25) is 0 Å². The summed E-state index contributed by atoms with van der Waals surface area (Å²) in [6, 6.07) is 6.87. The molecule has 0 spiro atoms. The van der Waals surface area contributed by atoms with Crippen molar-refractivity contribution in [2.75, 3.05) is 17.9 Å². The molecule has 0 aromatic heterocycles. The Bertz CT molecular complexity index is 329. The Morgan fingerprint density at radius 1 is 1.31 bits per heavy atom. The van der Waals surface area contributed by atoms with Gasteiger partial charge in [-0.1, -0.05) is 0 Å². The molecule has 1 aromatic rings. The first kappa shape index (κ1) is 13.0. The quantitative estimate of drug-likeness (QED) is 0.499. The second-order valence-electron chi connectivity index (χ2n) is 3.22. The van der Waals surface area contributed by atoms with Gasteiger partial charge in [-0.3, -0.25) is 9.27 Å². The minimum absolute atomic E-state index is 0.579. The summed E-state index contributed by atoms with van der Waals surface area (Å²) in [6.07, 6.45) is 1.88. The van der Waals surface area contributed by atoms with Gasteiger partial charge in [0.05, 0.1) is 6.61 Å². The number of unbranched alkanes of at least 4 members (excludes halogenated alkanes) is 1. The van der Waals surface area contributed by atoms with E-state index in [1.807, 2.05) is 0 Å². The lowest BCUT2D eigenvalue weighted by molar-refractivity contribution is 0.308. The van der Waals surface area contributed by atoms with Crippen LogP contribution >= 0.6 is 0 Å². The number of anilines is 1. The van der Waals surface area contributed by atoms with E-state index in [9.17, 15) is 4.21 Å². The first-order valence-corrected chi connectivity index (χ1v) is 6.13. The van der Waals surface area contributed by atoms with Gasteiger partial charge in [-0.25, -0.2) is 4.21 Å². The number of benzene rings is 1. The van der Waals surface area contributed by atoms with Crippen LogP contribution in [-0.4, -0.2) is 21.9 Å². The average molecular weight is 244 g/mol. The van der Waals surface area contributed by atoms with Crippen LogP contribution < -0.4 is 15.2 Å². The maximum absolute atomic E-state index is 10.5. The van der Waals surface area contributed by atoms with Gasteiger partial charge >= 0.3 is 0 Å². The van der Waals surface area contributed by atoms with E-state index in [-0.39, 0.29) is 0 Å². The summed E-state index contributed by atoms with van der Waals surface area (Å²) in [5.41, 5.74) is 5.94. The second-order valence-corrected chi connectivity index (χ2v) is 3.92. The summed E-state index contributed by atoms with van der Waals surface area (Å²) in [5.74, 6) is 0.742. The summed E-state index contributed by atoms with van der Waals surface area (Å²) >= 11 is -2.04. The Morgan fingerprint density at radius 2 is 2.00 bits per heavy atom. The van der Waals surface area contributed by atoms with Crippen molar-refractivity contribution in [1.29, 1.82) is 0 Å². The van der Waals surface area contributed by atoms with Crippen molar-refractivity contribution in [2.24, 2.45) is 5.73 Å². The number of hydrogen-bond donors (Lipinski definition) is 3. The van der Waals surface area contributed by atoms with E-state index >= 15 is 0 Å². The molecule has 16 heavy (non-hydrogen) atoms. The summed E-state index contributed by atoms with van der Waals surface area (Å²) in [5, 5.41) is 0. The molecule has 0 aliphatic carbocycles. The highest BCUT2D eigenvalue weighted by atomic mass is 32.2. The molecular weight excluding hydrogens is 228 g/mol. The number of nitrogens with two attached hydrogens (primary N) is 1. The molecule has 0 radical (unpaired) electrons. The third kappa shape index (κ3) is 5.11. The molecular formula is C10H16N2O3S. The van der Waals surface area contributed by atoms with E-state index < -0.39 is 11.3 Å². The lowest BCUT2D eigenvalue weighted by Crippen LogP contribution is -2.04. The molecule has 0 fully saturated rings. The van der Waals surface area contributed by atoms with Crippen molar-refractivity contribution in [3.8, 4) is 5.75 Å². The van der Waals surface area contributed by atoms with Gasteiger partial charge in [-0.2, -0.15) is 0 Å². The zero-order chi connectivity index (χ0) is 11.8. The summed E-state index contributed by atoms with van der Waals surface area (Å²) < 4.78 is 26.9. The molecule has 0 saturated carbocycles. The van der Waals surface area contributed by atoms with Crippen molar-refractivity contribution in [3.05, 3.63) is 24.3 Å².